The van der Waals surface area contributed by atoms with Crippen LogP contribution in [0.2, 0.25) is 0 Å². The molecular weight excluding hydrogens is 404 g/mol. The van der Waals surface area contributed by atoms with E-state index in [0.29, 0.717) is 12.0 Å². The van der Waals surface area contributed by atoms with Crippen molar-refractivity contribution < 1.29 is 40.5 Å². The average Bonchev–Trinajstić information content (AvgIpc) is 2.68. The van der Waals surface area contributed by atoms with Crippen LogP contribution in [0.5, 0.6) is 5.75 Å². The Bertz CT molecular complexity index is 1120. The minimum absolute atomic E-state index is 0.102. The van der Waals surface area contributed by atoms with Crippen molar-refractivity contribution in [2.75, 3.05) is 19.0 Å². The molecule has 1 fully saturated rings. The van der Waals surface area contributed by atoms with E-state index in [0.717, 1.165) is 5.69 Å². The zero-order valence-electron chi connectivity index (χ0n) is 17.5. The van der Waals surface area contributed by atoms with Gasteiger partial charge in [0.2, 0.25) is 5.78 Å². The van der Waals surface area contributed by atoms with Crippen LogP contribution in [-0.4, -0.2) is 57.6 Å². The number of hydrogen-bond donors (Lipinski definition) is 5. The van der Waals surface area contributed by atoms with Crippen molar-refractivity contribution >= 4 is 28.9 Å². The Morgan fingerprint density at radius 1 is 1.19 bits per heavy atom. The standard InChI is InChI=1S/C22H24N2O7/c1-8-11-7-9-6-10-12(24(2)3)4-5-13(25)15(10)18(27)14(9)19(28)22(11,31)20(29)16(17(8)26)21(23)30/h4-5,8-9,11,25,27,29,31H,6-7H2,1-3H3,(H2,23,30)/p+1. The number of aliphatic hydroxyl groups is 3. The number of aliphatic hydroxyl groups excluding tert-OH is 2. The van der Waals surface area contributed by atoms with E-state index < -0.39 is 57.9 Å². The van der Waals surface area contributed by atoms with Gasteiger partial charge in [-0.1, -0.05) is 6.92 Å². The first-order valence-corrected chi connectivity index (χ1v) is 9.99. The topological polar surface area (TPSA) is 163 Å². The Morgan fingerprint density at radius 3 is 2.42 bits per heavy atom. The van der Waals surface area contributed by atoms with Gasteiger partial charge < -0.3 is 25.3 Å². The molecule has 0 heterocycles. The Kier molecular flexibility index (Phi) is 4.53. The number of phenolic OH excluding ortho intramolecular Hbond substituents is 1. The van der Waals surface area contributed by atoms with Crippen molar-refractivity contribution in [1.29, 1.82) is 0 Å². The lowest BCUT2D eigenvalue weighted by Gasteiger charge is -2.48. The lowest BCUT2D eigenvalue weighted by atomic mass is 9.56. The maximum atomic E-state index is 13.5. The molecule has 4 rings (SSSR count). The highest BCUT2D eigenvalue weighted by atomic mass is 16.3. The van der Waals surface area contributed by atoms with Crippen LogP contribution in [0.1, 0.15) is 24.5 Å². The Hall–Kier alpha value is -3.17. The Balaban J connectivity index is 1.97. The number of hydrogen-bond acceptors (Lipinski definition) is 8. The molecule has 31 heavy (non-hydrogen) atoms. The van der Waals surface area contributed by atoms with Crippen LogP contribution in [0, 0.1) is 17.8 Å². The van der Waals surface area contributed by atoms with Gasteiger partial charge in [0, 0.05) is 37.2 Å². The molecule has 0 aromatic heterocycles. The SMILES string of the molecule is CC1C(=O)C(C([NH3+])=O)=C(O)C2(O)C(=O)C3=C(O)c4c(O)ccc(N(C)C)c4CC3CC12. The lowest BCUT2D eigenvalue weighted by Crippen LogP contribution is -2.65. The molecule has 164 valence electrons. The third-order valence-corrected chi connectivity index (χ3v) is 6.90. The first kappa shape index (κ1) is 21.1. The summed E-state index contributed by atoms with van der Waals surface area (Å²) in [5.41, 5.74) is 1.33. The quantitative estimate of drug-likeness (QED) is 0.411. The van der Waals surface area contributed by atoms with E-state index in [1.807, 2.05) is 19.0 Å². The summed E-state index contributed by atoms with van der Waals surface area (Å²) >= 11 is 0. The number of rotatable bonds is 2. The summed E-state index contributed by atoms with van der Waals surface area (Å²) in [5, 5.41) is 43.4. The van der Waals surface area contributed by atoms with Crippen molar-refractivity contribution in [3.8, 4) is 5.75 Å². The zero-order chi connectivity index (χ0) is 23.0. The van der Waals surface area contributed by atoms with E-state index in [4.69, 9.17) is 0 Å². The molecule has 1 aromatic carbocycles. The number of anilines is 1. The molecule has 9 nitrogen and oxygen atoms in total. The van der Waals surface area contributed by atoms with E-state index in [2.05, 4.69) is 5.73 Å². The smallest absolute Gasteiger partial charge is 0.348 e. The number of nitrogens with zero attached hydrogens (tertiary/aromatic N) is 1. The Morgan fingerprint density at radius 2 is 1.84 bits per heavy atom. The van der Waals surface area contributed by atoms with Crippen molar-refractivity contribution in [2.24, 2.45) is 17.8 Å². The second kappa shape index (κ2) is 6.66. The molecule has 4 unspecified atom stereocenters. The number of aromatic hydroxyl groups is 1. The van der Waals surface area contributed by atoms with Crippen LogP contribution in [-0.2, 0) is 20.8 Å². The molecule has 0 radical (unpaired) electrons. The predicted octanol–water partition coefficient (Wildman–Crippen LogP) is 0.0191. The minimum atomic E-state index is -2.53. The number of carbonyl (C=O) groups is 3. The van der Waals surface area contributed by atoms with Gasteiger partial charge in [0.05, 0.1) is 5.56 Å². The van der Waals surface area contributed by atoms with Gasteiger partial charge in [0.25, 0.3) is 0 Å². The summed E-state index contributed by atoms with van der Waals surface area (Å²) in [6.07, 6.45) is 0.417. The first-order valence-electron chi connectivity index (χ1n) is 9.99. The number of amides is 1. The fourth-order valence-electron chi connectivity index (χ4n) is 5.37. The number of quaternary nitrogens is 1. The lowest BCUT2D eigenvalue weighted by molar-refractivity contribution is -0.299. The molecule has 1 saturated carbocycles. The minimum Gasteiger partial charge on any atom is -0.508 e. The van der Waals surface area contributed by atoms with Crippen LogP contribution in [0.4, 0.5) is 5.69 Å². The van der Waals surface area contributed by atoms with Crippen molar-refractivity contribution in [1.82, 2.24) is 0 Å². The highest BCUT2D eigenvalue weighted by Crippen LogP contribution is 2.54. The molecule has 0 saturated heterocycles. The van der Waals surface area contributed by atoms with E-state index in [1.165, 1.54) is 13.0 Å². The van der Waals surface area contributed by atoms with Crippen molar-refractivity contribution in [3.63, 3.8) is 0 Å². The molecule has 3 aliphatic rings. The van der Waals surface area contributed by atoms with E-state index in [9.17, 15) is 34.8 Å². The molecule has 1 amide bonds. The van der Waals surface area contributed by atoms with Gasteiger partial charge in [0.1, 0.15) is 11.5 Å². The summed E-state index contributed by atoms with van der Waals surface area (Å²) in [4.78, 5) is 39.9. The van der Waals surface area contributed by atoms with Gasteiger partial charge in [-0.25, -0.2) is 4.79 Å². The molecule has 0 bridgehead atoms. The number of phenols is 1. The molecule has 0 aliphatic heterocycles. The molecule has 7 N–H and O–H groups in total. The van der Waals surface area contributed by atoms with Crippen LogP contribution in [0.25, 0.3) is 5.76 Å². The Labute approximate surface area is 178 Å². The van der Waals surface area contributed by atoms with Gasteiger partial charge in [0.15, 0.2) is 22.7 Å². The second-order valence-corrected chi connectivity index (χ2v) is 8.75. The fourth-order valence-corrected chi connectivity index (χ4v) is 5.37. The number of ketones is 2. The maximum Gasteiger partial charge on any atom is 0.348 e. The average molecular weight is 429 g/mol. The van der Waals surface area contributed by atoms with E-state index in [-0.39, 0.29) is 23.3 Å². The summed E-state index contributed by atoms with van der Waals surface area (Å²) in [5.74, 6) is -6.74. The molecular formula is C22H25N2O7+. The van der Waals surface area contributed by atoms with Crippen LogP contribution in [0.3, 0.4) is 0 Å². The van der Waals surface area contributed by atoms with E-state index in [1.54, 1.807) is 6.07 Å². The molecule has 9 heteroatoms. The third-order valence-electron chi connectivity index (χ3n) is 6.90. The third kappa shape index (κ3) is 2.60. The molecule has 4 atom stereocenters. The van der Waals surface area contributed by atoms with Crippen LogP contribution < -0.4 is 10.6 Å². The van der Waals surface area contributed by atoms with Gasteiger partial charge in [-0.2, -0.15) is 0 Å². The maximum absolute atomic E-state index is 13.5. The number of Topliss-reactive ketones (excluding diaryl/α,β-unsaturated/α-hetero) is 2. The highest BCUT2D eigenvalue weighted by molar-refractivity contribution is 6.21. The number of carbonyl (C=O) groups excluding carboxylic acids is 3. The summed E-state index contributed by atoms with van der Waals surface area (Å²) in [6.45, 7) is 1.50. The second-order valence-electron chi connectivity index (χ2n) is 8.75. The summed E-state index contributed by atoms with van der Waals surface area (Å²) in [6, 6.07) is 3.12. The van der Waals surface area contributed by atoms with Crippen molar-refractivity contribution in [3.05, 3.63) is 40.2 Å². The normalized spacial score (nSPS) is 30.0. The first-order chi connectivity index (χ1) is 14.4. The highest BCUT2D eigenvalue weighted by Gasteiger charge is 2.63. The molecule has 0 spiro atoms. The number of fused-ring (bicyclic) bond motifs is 3. The van der Waals surface area contributed by atoms with Gasteiger partial charge >= 0.3 is 5.91 Å². The van der Waals surface area contributed by atoms with Crippen molar-refractivity contribution in [2.45, 2.75) is 25.4 Å². The molecule has 1 aromatic rings. The monoisotopic (exact) mass is 429 g/mol. The van der Waals surface area contributed by atoms with Gasteiger partial charge in [-0.3, -0.25) is 15.3 Å². The van der Waals surface area contributed by atoms with E-state index >= 15 is 0 Å². The number of benzene rings is 1. The summed E-state index contributed by atoms with van der Waals surface area (Å²) in [7, 11) is 3.63. The fraction of sp³-hybridized carbons (Fsp3) is 0.409. The van der Waals surface area contributed by atoms with Gasteiger partial charge in [-0.05, 0) is 36.5 Å². The predicted molar refractivity (Wildman–Crippen MR) is 109 cm³/mol. The largest absolute Gasteiger partial charge is 0.508 e. The zero-order valence-corrected chi connectivity index (χ0v) is 17.5. The van der Waals surface area contributed by atoms with Crippen LogP contribution >= 0.6 is 0 Å². The van der Waals surface area contributed by atoms with Gasteiger partial charge in [-0.15, -0.1) is 0 Å². The van der Waals surface area contributed by atoms with Crippen LogP contribution in [0.15, 0.2) is 29.0 Å². The molecule has 3 aliphatic carbocycles. The summed E-state index contributed by atoms with van der Waals surface area (Å²) < 4.78 is 0.